The number of nitrogens with zero attached hydrogens (tertiary/aromatic N) is 1. The van der Waals surface area contributed by atoms with E-state index in [0.717, 1.165) is 19.7 Å². The Morgan fingerprint density at radius 1 is 1.57 bits per heavy atom. The lowest BCUT2D eigenvalue weighted by Crippen LogP contribution is -2.51. The average Bonchev–Trinajstić information content (AvgIpc) is 2.17. The lowest BCUT2D eigenvalue weighted by Gasteiger charge is -2.39. The highest BCUT2D eigenvalue weighted by molar-refractivity contribution is 6.18. The van der Waals surface area contributed by atoms with Crippen LogP contribution in [0, 0.1) is 0 Å². The van der Waals surface area contributed by atoms with Crippen molar-refractivity contribution in [3.05, 3.63) is 0 Å². The molecule has 1 heterocycles. The highest BCUT2D eigenvalue weighted by Gasteiger charge is 2.27. The molecule has 0 saturated carbocycles. The molecule has 0 N–H and O–H groups in total. The maximum absolute atomic E-state index is 5.81. The van der Waals surface area contributed by atoms with Crippen LogP contribution >= 0.6 is 11.6 Å². The first kappa shape index (κ1) is 12.2. The zero-order valence-electron chi connectivity index (χ0n) is 9.20. The number of rotatable bonds is 4. The fourth-order valence-electron chi connectivity index (χ4n) is 1.87. The Labute approximate surface area is 91.3 Å². The molecule has 0 aliphatic carbocycles. The predicted molar refractivity (Wildman–Crippen MR) is 58.0 cm³/mol. The minimum Gasteiger partial charge on any atom is -0.383 e. The van der Waals surface area contributed by atoms with Gasteiger partial charge in [0, 0.05) is 32.1 Å². The third-order valence-electron chi connectivity index (χ3n) is 2.56. The van der Waals surface area contributed by atoms with Crippen LogP contribution in [0.2, 0.25) is 0 Å². The number of halogens is 1. The lowest BCUT2D eigenvalue weighted by atomic mass is 10.2. The molecule has 0 radical (unpaired) electrons. The molecule has 3 nitrogen and oxygen atoms in total. The molecule has 0 amide bonds. The predicted octanol–water partition coefficient (Wildman–Crippen LogP) is 1.35. The molecule has 1 aliphatic rings. The quantitative estimate of drug-likeness (QED) is 0.669. The molecule has 84 valence electrons. The molecule has 0 aromatic heterocycles. The zero-order chi connectivity index (χ0) is 10.6. The molecule has 1 aliphatic heterocycles. The maximum Gasteiger partial charge on any atom is 0.0841 e. The molecule has 0 aromatic carbocycles. The summed E-state index contributed by atoms with van der Waals surface area (Å²) in [7, 11) is 1.74. The standard InChI is InChI=1S/C10H20ClNO2/c1-8(7-13-3)12-5-9(2)14-10(4-11)6-12/h8-10H,4-7H2,1-3H3. The molecule has 3 atom stereocenters. The van der Waals surface area contributed by atoms with Crippen molar-refractivity contribution in [1.29, 1.82) is 0 Å². The first-order valence-corrected chi connectivity index (χ1v) is 5.65. The van der Waals surface area contributed by atoms with Crippen molar-refractivity contribution in [2.75, 3.05) is 32.7 Å². The van der Waals surface area contributed by atoms with Crippen LogP contribution in [0.25, 0.3) is 0 Å². The average molecular weight is 222 g/mol. The van der Waals surface area contributed by atoms with E-state index in [4.69, 9.17) is 21.1 Å². The highest BCUT2D eigenvalue weighted by Crippen LogP contribution is 2.14. The number of alkyl halides is 1. The third kappa shape index (κ3) is 3.39. The summed E-state index contributed by atoms with van der Waals surface area (Å²) in [6.07, 6.45) is 0.437. The maximum atomic E-state index is 5.81. The molecule has 4 heteroatoms. The highest BCUT2D eigenvalue weighted by atomic mass is 35.5. The summed E-state index contributed by atoms with van der Waals surface area (Å²) >= 11 is 5.81. The normalized spacial score (nSPS) is 31.7. The summed E-state index contributed by atoms with van der Waals surface area (Å²) in [5.41, 5.74) is 0. The third-order valence-corrected chi connectivity index (χ3v) is 2.90. The Kier molecular flexibility index (Phi) is 5.17. The number of methoxy groups -OCH3 is 1. The van der Waals surface area contributed by atoms with Gasteiger partial charge >= 0.3 is 0 Å². The van der Waals surface area contributed by atoms with Gasteiger partial charge in [0.05, 0.1) is 18.8 Å². The van der Waals surface area contributed by atoms with Crippen molar-refractivity contribution in [1.82, 2.24) is 4.90 Å². The van der Waals surface area contributed by atoms with E-state index in [1.54, 1.807) is 7.11 Å². The Bertz CT molecular complexity index is 168. The van der Waals surface area contributed by atoms with Gasteiger partial charge in [-0.2, -0.15) is 0 Å². The van der Waals surface area contributed by atoms with Gasteiger partial charge in [-0.3, -0.25) is 4.90 Å². The van der Waals surface area contributed by atoms with E-state index in [-0.39, 0.29) is 12.2 Å². The van der Waals surface area contributed by atoms with Gasteiger partial charge in [0.25, 0.3) is 0 Å². The topological polar surface area (TPSA) is 21.7 Å². The van der Waals surface area contributed by atoms with Crippen molar-refractivity contribution in [2.45, 2.75) is 32.1 Å². The van der Waals surface area contributed by atoms with Crippen molar-refractivity contribution >= 4 is 11.6 Å². The number of morpholine rings is 1. The largest absolute Gasteiger partial charge is 0.383 e. The molecule has 1 fully saturated rings. The Morgan fingerprint density at radius 2 is 2.29 bits per heavy atom. The molecular formula is C10H20ClNO2. The Hall–Kier alpha value is 0.170. The molecule has 1 rings (SSSR count). The summed E-state index contributed by atoms with van der Waals surface area (Å²) in [5.74, 6) is 0.570. The molecular weight excluding hydrogens is 202 g/mol. The monoisotopic (exact) mass is 221 g/mol. The summed E-state index contributed by atoms with van der Waals surface area (Å²) in [4.78, 5) is 2.38. The molecule has 14 heavy (non-hydrogen) atoms. The van der Waals surface area contributed by atoms with Crippen molar-refractivity contribution in [3.63, 3.8) is 0 Å². The van der Waals surface area contributed by atoms with Crippen LogP contribution < -0.4 is 0 Å². The van der Waals surface area contributed by atoms with Crippen LogP contribution in [0.4, 0.5) is 0 Å². The molecule has 0 aromatic rings. The summed E-state index contributed by atoms with van der Waals surface area (Å²) in [6.45, 7) is 6.91. The number of hydrogen-bond donors (Lipinski definition) is 0. The minimum atomic E-state index is 0.166. The van der Waals surface area contributed by atoms with Crippen LogP contribution in [0.5, 0.6) is 0 Å². The second-order valence-electron chi connectivity index (χ2n) is 3.98. The van der Waals surface area contributed by atoms with Gasteiger partial charge in [-0.05, 0) is 13.8 Å². The van der Waals surface area contributed by atoms with E-state index in [1.807, 2.05) is 0 Å². The van der Waals surface area contributed by atoms with Gasteiger partial charge in [-0.25, -0.2) is 0 Å². The Balaban J connectivity index is 2.43. The van der Waals surface area contributed by atoms with Gasteiger partial charge in [-0.1, -0.05) is 0 Å². The van der Waals surface area contributed by atoms with Crippen LogP contribution in [-0.4, -0.2) is 55.8 Å². The van der Waals surface area contributed by atoms with Gasteiger partial charge in [0.2, 0.25) is 0 Å². The van der Waals surface area contributed by atoms with Crippen LogP contribution in [0.1, 0.15) is 13.8 Å². The fraction of sp³-hybridized carbons (Fsp3) is 1.00. The summed E-state index contributed by atoms with van der Waals surface area (Å²) < 4.78 is 10.8. The summed E-state index contributed by atoms with van der Waals surface area (Å²) in [6, 6.07) is 0.442. The van der Waals surface area contributed by atoms with Gasteiger partial charge in [0.1, 0.15) is 0 Å². The first-order chi connectivity index (χ1) is 6.67. The van der Waals surface area contributed by atoms with Crippen molar-refractivity contribution < 1.29 is 9.47 Å². The molecule has 1 saturated heterocycles. The molecule has 3 unspecified atom stereocenters. The molecule has 0 spiro atoms. The van der Waals surface area contributed by atoms with Crippen molar-refractivity contribution in [2.24, 2.45) is 0 Å². The van der Waals surface area contributed by atoms with Crippen molar-refractivity contribution in [3.8, 4) is 0 Å². The summed E-state index contributed by atoms with van der Waals surface area (Å²) in [5, 5.41) is 0. The second-order valence-corrected chi connectivity index (χ2v) is 4.29. The van der Waals surface area contributed by atoms with E-state index in [0.29, 0.717) is 11.9 Å². The van der Waals surface area contributed by atoms with Crippen LogP contribution in [-0.2, 0) is 9.47 Å². The van der Waals surface area contributed by atoms with Gasteiger partial charge in [0.15, 0.2) is 0 Å². The fourth-order valence-corrected chi connectivity index (χ4v) is 2.04. The van der Waals surface area contributed by atoms with E-state index in [9.17, 15) is 0 Å². The van der Waals surface area contributed by atoms with E-state index in [1.165, 1.54) is 0 Å². The van der Waals surface area contributed by atoms with Crippen LogP contribution in [0.15, 0.2) is 0 Å². The van der Waals surface area contributed by atoms with Crippen LogP contribution in [0.3, 0.4) is 0 Å². The van der Waals surface area contributed by atoms with E-state index < -0.39 is 0 Å². The van der Waals surface area contributed by atoms with E-state index >= 15 is 0 Å². The number of ether oxygens (including phenoxy) is 2. The number of hydrogen-bond acceptors (Lipinski definition) is 3. The van der Waals surface area contributed by atoms with Gasteiger partial charge in [-0.15, -0.1) is 11.6 Å². The molecule has 0 bridgehead atoms. The smallest absolute Gasteiger partial charge is 0.0841 e. The van der Waals surface area contributed by atoms with Gasteiger partial charge < -0.3 is 9.47 Å². The minimum absolute atomic E-state index is 0.166. The Morgan fingerprint density at radius 3 is 2.86 bits per heavy atom. The van der Waals surface area contributed by atoms with E-state index in [2.05, 4.69) is 18.7 Å². The second kappa shape index (κ2) is 5.91. The first-order valence-electron chi connectivity index (χ1n) is 5.11. The SMILES string of the molecule is COCC(C)N1CC(C)OC(CCl)C1. The lowest BCUT2D eigenvalue weighted by molar-refractivity contribution is -0.0835. The zero-order valence-corrected chi connectivity index (χ0v) is 9.96.